The summed E-state index contributed by atoms with van der Waals surface area (Å²) in [6, 6.07) is 9.67. The average molecular weight is 209 g/mol. The molecule has 16 heavy (non-hydrogen) atoms. The largest absolute Gasteiger partial charge is 0.158 e. The van der Waals surface area contributed by atoms with Crippen molar-refractivity contribution in [3.8, 4) is 11.4 Å². The van der Waals surface area contributed by atoms with E-state index in [-0.39, 0.29) is 0 Å². The number of rotatable bonds is 1. The zero-order valence-electron chi connectivity index (χ0n) is 8.28. The Morgan fingerprint density at radius 3 is 2.69 bits per heavy atom. The summed E-state index contributed by atoms with van der Waals surface area (Å²) in [4.78, 5) is 0. The number of hydrogen-bond donors (Lipinski definition) is 0. The zero-order chi connectivity index (χ0) is 10.8. The maximum absolute atomic E-state index is 4.10. The summed E-state index contributed by atoms with van der Waals surface area (Å²) in [7, 11) is 0. The van der Waals surface area contributed by atoms with Crippen LogP contribution in [0.15, 0.2) is 42.7 Å². The molecule has 0 aliphatic heterocycles. The van der Waals surface area contributed by atoms with Gasteiger partial charge in [-0.25, -0.2) is 0 Å². The third kappa shape index (κ3) is 1.38. The highest BCUT2D eigenvalue weighted by Crippen LogP contribution is 2.22. The van der Waals surface area contributed by atoms with E-state index in [1.807, 2.05) is 24.3 Å². The molecule has 0 fully saturated rings. The summed E-state index contributed by atoms with van der Waals surface area (Å²) in [6.07, 6.45) is 3.32. The molecule has 0 N–H and O–H groups in total. The van der Waals surface area contributed by atoms with Gasteiger partial charge in [0.2, 0.25) is 0 Å². The van der Waals surface area contributed by atoms with Crippen LogP contribution < -0.4 is 0 Å². The van der Waals surface area contributed by atoms with Gasteiger partial charge in [0.15, 0.2) is 0 Å². The smallest absolute Gasteiger partial charge is 0.121 e. The standard InChI is InChI=1S/C11H7N5/c1-2-4-9-8(3-1)7-13-15-11(9)10-5-6-12-16-14-10/h1-7H. The van der Waals surface area contributed by atoms with Crippen LogP contribution in [0.25, 0.3) is 22.2 Å². The van der Waals surface area contributed by atoms with Crippen LogP contribution in [0.2, 0.25) is 0 Å². The molecule has 3 aromatic rings. The Kier molecular flexibility index (Phi) is 2.00. The van der Waals surface area contributed by atoms with Gasteiger partial charge in [0.1, 0.15) is 11.4 Å². The lowest BCUT2D eigenvalue weighted by Crippen LogP contribution is -1.94. The molecule has 0 saturated heterocycles. The van der Waals surface area contributed by atoms with Gasteiger partial charge in [-0.1, -0.05) is 24.3 Å². The summed E-state index contributed by atoms with van der Waals surface area (Å²) in [5.41, 5.74) is 1.41. The zero-order valence-corrected chi connectivity index (χ0v) is 8.28. The third-order valence-corrected chi connectivity index (χ3v) is 2.32. The fourth-order valence-corrected chi connectivity index (χ4v) is 1.58. The SMILES string of the molecule is c1ccc2c(-c3ccnnn3)nncc2c1. The first-order valence-electron chi connectivity index (χ1n) is 4.80. The topological polar surface area (TPSA) is 64.5 Å². The Morgan fingerprint density at radius 2 is 1.81 bits per heavy atom. The predicted octanol–water partition coefficient (Wildman–Crippen LogP) is 1.48. The van der Waals surface area contributed by atoms with Crippen LogP contribution in [0.4, 0.5) is 0 Å². The van der Waals surface area contributed by atoms with Gasteiger partial charge < -0.3 is 0 Å². The van der Waals surface area contributed by atoms with Crippen molar-refractivity contribution in [2.75, 3.05) is 0 Å². The molecule has 0 aliphatic carbocycles. The van der Waals surface area contributed by atoms with Crippen molar-refractivity contribution >= 4 is 10.8 Å². The maximum atomic E-state index is 4.10. The molecule has 0 amide bonds. The van der Waals surface area contributed by atoms with Crippen molar-refractivity contribution in [2.45, 2.75) is 0 Å². The van der Waals surface area contributed by atoms with Crippen molar-refractivity contribution in [1.29, 1.82) is 0 Å². The van der Waals surface area contributed by atoms with Gasteiger partial charge in [-0.15, -0.1) is 15.3 Å². The minimum atomic E-state index is 0.680. The second-order valence-electron chi connectivity index (χ2n) is 3.29. The average Bonchev–Trinajstić information content (AvgIpc) is 2.39. The first kappa shape index (κ1) is 8.84. The predicted molar refractivity (Wildman–Crippen MR) is 58.4 cm³/mol. The molecule has 1 aromatic carbocycles. The first-order valence-corrected chi connectivity index (χ1v) is 4.80. The second-order valence-corrected chi connectivity index (χ2v) is 3.29. The number of fused-ring (bicyclic) bond motifs is 1. The van der Waals surface area contributed by atoms with Crippen molar-refractivity contribution in [3.05, 3.63) is 42.7 Å². The molecule has 5 heteroatoms. The number of hydrogen-bond acceptors (Lipinski definition) is 5. The summed E-state index contributed by atoms with van der Waals surface area (Å²) in [6.45, 7) is 0. The summed E-state index contributed by atoms with van der Waals surface area (Å²) in [5.74, 6) is 0. The minimum absolute atomic E-state index is 0.680. The molecule has 0 aliphatic rings. The van der Waals surface area contributed by atoms with Gasteiger partial charge in [0, 0.05) is 10.8 Å². The van der Waals surface area contributed by atoms with E-state index in [4.69, 9.17) is 0 Å². The lowest BCUT2D eigenvalue weighted by atomic mass is 10.1. The highest BCUT2D eigenvalue weighted by Gasteiger charge is 2.06. The quantitative estimate of drug-likeness (QED) is 0.607. The second kappa shape index (κ2) is 3.62. The Bertz CT molecular complexity index is 618. The molecule has 0 bridgehead atoms. The molecule has 76 valence electrons. The maximum Gasteiger partial charge on any atom is 0.121 e. The van der Waals surface area contributed by atoms with Crippen LogP contribution in [0.3, 0.4) is 0 Å². The highest BCUT2D eigenvalue weighted by atomic mass is 15.3. The van der Waals surface area contributed by atoms with Crippen LogP contribution in [-0.2, 0) is 0 Å². The van der Waals surface area contributed by atoms with Gasteiger partial charge in [0.05, 0.1) is 12.4 Å². The van der Waals surface area contributed by atoms with E-state index in [0.717, 1.165) is 16.5 Å². The molecule has 3 rings (SSSR count). The van der Waals surface area contributed by atoms with Crippen LogP contribution in [-0.4, -0.2) is 25.6 Å². The normalized spacial score (nSPS) is 10.5. The van der Waals surface area contributed by atoms with E-state index in [9.17, 15) is 0 Å². The fraction of sp³-hybridized carbons (Fsp3) is 0. The number of benzene rings is 1. The Hall–Kier alpha value is -2.43. The fourth-order valence-electron chi connectivity index (χ4n) is 1.58. The van der Waals surface area contributed by atoms with Gasteiger partial charge >= 0.3 is 0 Å². The molecule has 0 saturated carbocycles. The van der Waals surface area contributed by atoms with Crippen molar-refractivity contribution in [3.63, 3.8) is 0 Å². The summed E-state index contributed by atoms with van der Waals surface area (Å²) in [5, 5.41) is 21.3. The Morgan fingerprint density at radius 1 is 0.875 bits per heavy atom. The van der Waals surface area contributed by atoms with E-state index >= 15 is 0 Å². The first-order chi connectivity index (χ1) is 7.95. The highest BCUT2D eigenvalue weighted by molar-refractivity contribution is 5.92. The van der Waals surface area contributed by atoms with E-state index in [1.54, 1.807) is 18.5 Å². The minimum Gasteiger partial charge on any atom is -0.158 e. The molecule has 0 unspecified atom stereocenters. The molecule has 2 aromatic heterocycles. The molecule has 0 atom stereocenters. The Labute approximate surface area is 91.2 Å². The summed E-state index contributed by atoms with van der Waals surface area (Å²) < 4.78 is 0. The summed E-state index contributed by atoms with van der Waals surface area (Å²) >= 11 is 0. The number of nitrogens with zero attached hydrogens (tertiary/aromatic N) is 5. The van der Waals surface area contributed by atoms with Crippen LogP contribution in [0, 0.1) is 0 Å². The van der Waals surface area contributed by atoms with E-state index in [2.05, 4.69) is 25.6 Å². The van der Waals surface area contributed by atoms with Crippen LogP contribution in [0.1, 0.15) is 0 Å². The van der Waals surface area contributed by atoms with Crippen molar-refractivity contribution in [1.82, 2.24) is 25.6 Å². The molecule has 2 heterocycles. The van der Waals surface area contributed by atoms with Gasteiger partial charge in [0.25, 0.3) is 0 Å². The molecular weight excluding hydrogens is 202 g/mol. The van der Waals surface area contributed by atoms with Crippen molar-refractivity contribution in [2.24, 2.45) is 0 Å². The van der Waals surface area contributed by atoms with Gasteiger partial charge in [-0.3, -0.25) is 0 Å². The van der Waals surface area contributed by atoms with Crippen molar-refractivity contribution < 1.29 is 0 Å². The molecule has 0 spiro atoms. The van der Waals surface area contributed by atoms with Gasteiger partial charge in [-0.05, 0) is 11.3 Å². The van der Waals surface area contributed by atoms with E-state index in [0.29, 0.717) is 5.69 Å². The monoisotopic (exact) mass is 209 g/mol. The van der Waals surface area contributed by atoms with Crippen LogP contribution >= 0.6 is 0 Å². The molecular formula is C11H7N5. The molecule has 5 nitrogen and oxygen atoms in total. The van der Waals surface area contributed by atoms with Crippen LogP contribution in [0.5, 0.6) is 0 Å². The lowest BCUT2D eigenvalue weighted by Gasteiger charge is -2.01. The molecule has 0 radical (unpaired) electrons. The third-order valence-electron chi connectivity index (χ3n) is 2.32. The Balaban J connectivity index is 2.32. The van der Waals surface area contributed by atoms with Gasteiger partial charge in [-0.2, -0.15) is 5.10 Å². The van der Waals surface area contributed by atoms with E-state index in [1.165, 1.54) is 0 Å². The number of aromatic nitrogens is 5. The lowest BCUT2D eigenvalue weighted by molar-refractivity contribution is 0.865. The van der Waals surface area contributed by atoms with E-state index < -0.39 is 0 Å².